The number of benzene rings is 2. The molecule has 1 N–H and O–H groups in total. The van der Waals surface area contributed by atoms with Crippen LogP contribution in [0.3, 0.4) is 0 Å². The molecule has 0 saturated heterocycles. The first-order valence-electron chi connectivity index (χ1n) is 10.6. The SMILES string of the molecule is CCOc1cc(/C=C/C(=O)c2ccn(CC)n2)ccc1OCC(=O)Nc1ccccc1OC. The Morgan fingerprint density at radius 2 is 1.85 bits per heavy atom. The van der Waals surface area contributed by atoms with Crippen LogP contribution in [0.4, 0.5) is 5.69 Å². The Hall–Kier alpha value is -4.07. The normalized spacial score (nSPS) is 10.8. The number of para-hydroxylation sites is 2. The van der Waals surface area contributed by atoms with Crippen LogP contribution in [0.1, 0.15) is 29.9 Å². The first kappa shape index (κ1) is 23.6. The van der Waals surface area contributed by atoms with Gasteiger partial charge in [-0.3, -0.25) is 14.3 Å². The van der Waals surface area contributed by atoms with E-state index in [2.05, 4.69) is 10.4 Å². The smallest absolute Gasteiger partial charge is 0.262 e. The number of hydrogen-bond acceptors (Lipinski definition) is 6. The first-order valence-corrected chi connectivity index (χ1v) is 10.6. The van der Waals surface area contributed by atoms with E-state index in [9.17, 15) is 9.59 Å². The molecule has 0 atom stereocenters. The molecule has 172 valence electrons. The highest BCUT2D eigenvalue weighted by Gasteiger charge is 2.11. The molecule has 0 saturated carbocycles. The quantitative estimate of drug-likeness (QED) is 0.348. The van der Waals surface area contributed by atoms with Gasteiger partial charge in [0.15, 0.2) is 18.1 Å². The lowest BCUT2D eigenvalue weighted by atomic mass is 10.1. The van der Waals surface area contributed by atoms with Gasteiger partial charge in [0.2, 0.25) is 5.78 Å². The van der Waals surface area contributed by atoms with E-state index in [4.69, 9.17) is 14.2 Å². The second-order valence-corrected chi connectivity index (χ2v) is 6.93. The molecular formula is C25H27N3O5. The number of amides is 1. The number of carbonyl (C=O) groups excluding carboxylic acids is 2. The van der Waals surface area contributed by atoms with Crippen molar-refractivity contribution in [2.24, 2.45) is 0 Å². The third-order valence-electron chi connectivity index (χ3n) is 4.65. The largest absolute Gasteiger partial charge is 0.495 e. The summed E-state index contributed by atoms with van der Waals surface area (Å²) in [6, 6.07) is 14.1. The Morgan fingerprint density at radius 3 is 2.58 bits per heavy atom. The zero-order valence-corrected chi connectivity index (χ0v) is 18.9. The van der Waals surface area contributed by atoms with Gasteiger partial charge in [-0.2, -0.15) is 5.10 Å². The summed E-state index contributed by atoms with van der Waals surface area (Å²) in [4.78, 5) is 24.7. The van der Waals surface area contributed by atoms with Gasteiger partial charge in [-0.15, -0.1) is 0 Å². The molecule has 1 heterocycles. The number of aromatic nitrogens is 2. The van der Waals surface area contributed by atoms with E-state index in [0.717, 1.165) is 5.56 Å². The molecule has 0 unspecified atom stereocenters. The van der Waals surface area contributed by atoms with Gasteiger partial charge >= 0.3 is 0 Å². The van der Waals surface area contributed by atoms with Crippen LogP contribution in [0.15, 0.2) is 60.8 Å². The Morgan fingerprint density at radius 1 is 1.03 bits per heavy atom. The molecule has 1 amide bonds. The van der Waals surface area contributed by atoms with Crippen LogP contribution in [0, 0.1) is 0 Å². The average Bonchev–Trinajstić information content (AvgIpc) is 3.32. The number of anilines is 1. The standard InChI is InChI=1S/C25H27N3O5/c1-4-28-15-14-19(27-28)21(29)12-10-18-11-13-23(24(16-18)32-5-2)33-17-25(30)26-20-8-6-7-9-22(20)31-3/h6-16H,4-5,17H2,1-3H3,(H,26,30)/b12-10+. The summed E-state index contributed by atoms with van der Waals surface area (Å²) < 4.78 is 18.3. The monoisotopic (exact) mass is 449 g/mol. The number of ether oxygens (including phenoxy) is 3. The number of nitrogens with zero attached hydrogens (tertiary/aromatic N) is 2. The van der Waals surface area contributed by atoms with Crippen molar-refractivity contribution in [2.75, 3.05) is 25.6 Å². The lowest BCUT2D eigenvalue weighted by Crippen LogP contribution is -2.20. The Labute approximate surface area is 192 Å². The van der Waals surface area contributed by atoms with Crippen LogP contribution in [-0.2, 0) is 11.3 Å². The van der Waals surface area contributed by atoms with Crippen molar-refractivity contribution in [3.63, 3.8) is 0 Å². The highest BCUT2D eigenvalue weighted by molar-refractivity contribution is 6.05. The number of carbonyl (C=O) groups is 2. The third-order valence-corrected chi connectivity index (χ3v) is 4.65. The molecule has 0 spiro atoms. The lowest BCUT2D eigenvalue weighted by Gasteiger charge is -2.13. The summed E-state index contributed by atoms with van der Waals surface area (Å²) in [5.41, 5.74) is 1.71. The van der Waals surface area contributed by atoms with Crippen LogP contribution in [-0.4, -0.2) is 41.8 Å². The molecule has 1 aromatic heterocycles. The maximum absolute atomic E-state index is 12.3. The molecular weight excluding hydrogens is 422 g/mol. The Balaban J connectivity index is 1.65. The van der Waals surface area contributed by atoms with E-state index in [-0.39, 0.29) is 18.3 Å². The Kier molecular flexibility index (Phi) is 8.24. The van der Waals surface area contributed by atoms with Gasteiger partial charge in [0.25, 0.3) is 5.91 Å². The molecule has 0 bridgehead atoms. The maximum Gasteiger partial charge on any atom is 0.262 e. The van der Waals surface area contributed by atoms with Crippen molar-refractivity contribution in [1.29, 1.82) is 0 Å². The molecule has 8 nitrogen and oxygen atoms in total. The van der Waals surface area contributed by atoms with Crippen molar-refractivity contribution in [2.45, 2.75) is 20.4 Å². The van der Waals surface area contributed by atoms with Gasteiger partial charge in [-0.05, 0) is 55.8 Å². The van der Waals surface area contributed by atoms with E-state index in [1.54, 1.807) is 59.4 Å². The van der Waals surface area contributed by atoms with E-state index < -0.39 is 0 Å². The average molecular weight is 450 g/mol. The number of ketones is 1. The number of methoxy groups -OCH3 is 1. The van der Waals surface area contributed by atoms with E-state index in [1.165, 1.54) is 13.2 Å². The van der Waals surface area contributed by atoms with Gasteiger partial charge in [0, 0.05) is 12.7 Å². The van der Waals surface area contributed by atoms with Gasteiger partial charge in [-0.25, -0.2) is 0 Å². The van der Waals surface area contributed by atoms with Gasteiger partial charge in [0.05, 0.1) is 19.4 Å². The van der Waals surface area contributed by atoms with Crippen LogP contribution >= 0.6 is 0 Å². The van der Waals surface area contributed by atoms with Gasteiger partial charge < -0.3 is 19.5 Å². The summed E-state index contributed by atoms with van der Waals surface area (Å²) in [6.45, 7) is 4.73. The van der Waals surface area contributed by atoms with Crippen LogP contribution in [0.2, 0.25) is 0 Å². The summed E-state index contributed by atoms with van der Waals surface area (Å²) in [5, 5.41) is 6.97. The van der Waals surface area contributed by atoms with Crippen LogP contribution < -0.4 is 19.5 Å². The molecule has 0 radical (unpaired) electrons. The van der Waals surface area contributed by atoms with Crippen molar-refractivity contribution in [1.82, 2.24) is 9.78 Å². The fourth-order valence-corrected chi connectivity index (χ4v) is 3.02. The van der Waals surface area contributed by atoms with Crippen molar-refractivity contribution >= 4 is 23.5 Å². The highest BCUT2D eigenvalue weighted by atomic mass is 16.5. The second-order valence-electron chi connectivity index (χ2n) is 6.93. The molecule has 0 aliphatic carbocycles. The zero-order valence-electron chi connectivity index (χ0n) is 18.9. The van der Waals surface area contributed by atoms with Crippen LogP contribution in [0.25, 0.3) is 6.08 Å². The predicted octanol–water partition coefficient (Wildman–Crippen LogP) is 4.22. The minimum absolute atomic E-state index is 0.187. The summed E-state index contributed by atoms with van der Waals surface area (Å²) in [5.74, 6) is 0.953. The van der Waals surface area contributed by atoms with Gasteiger partial charge in [-0.1, -0.05) is 24.3 Å². The Bertz CT molecular complexity index is 1140. The molecule has 33 heavy (non-hydrogen) atoms. The maximum atomic E-state index is 12.3. The second kappa shape index (κ2) is 11.5. The predicted molar refractivity (Wildman–Crippen MR) is 126 cm³/mol. The number of allylic oxidation sites excluding steroid dienone is 1. The van der Waals surface area contributed by atoms with Gasteiger partial charge in [0.1, 0.15) is 11.4 Å². The van der Waals surface area contributed by atoms with Crippen molar-refractivity contribution < 1.29 is 23.8 Å². The third kappa shape index (κ3) is 6.46. The van der Waals surface area contributed by atoms with Crippen molar-refractivity contribution in [3.05, 3.63) is 72.1 Å². The first-order chi connectivity index (χ1) is 16.0. The topological polar surface area (TPSA) is 91.7 Å². The van der Waals surface area contributed by atoms with E-state index in [0.29, 0.717) is 41.8 Å². The number of hydrogen-bond donors (Lipinski definition) is 1. The highest BCUT2D eigenvalue weighted by Crippen LogP contribution is 2.29. The summed E-state index contributed by atoms with van der Waals surface area (Å²) in [7, 11) is 1.54. The minimum Gasteiger partial charge on any atom is -0.495 e. The molecule has 0 aliphatic heterocycles. The lowest BCUT2D eigenvalue weighted by molar-refractivity contribution is -0.118. The fraction of sp³-hybridized carbons (Fsp3) is 0.240. The molecule has 0 aliphatic rings. The summed E-state index contributed by atoms with van der Waals surface area (Å²) in [6.07, 6.45) is 4.92. The van der Waals surface area contributed by atoms with E-state index >= 15 is 0 Å². The van der Waals surface area contributed by atoms with Crippen LogP contribution in [0.5, 0.6) is 17.2 Å². The molecule has 2 aromatic carbocycles. The van der Waals surface area contributed by atoms with E-state index in [1.807, 2.05) is 19.9 Å². The molecule has 3 aromatic rings. The number of nitrogens with one attached hydrogen (secondary N) is 1. The molecule has 0 fully saturated rings. The number of aryl methyl sites for hydroxylation is 1. The summed E-state index contributed by atoms with van der Waals surface area (Å²) >= 11 is 0. The minimum atomic E-state index is -0.331. The number of rotatable bonds is 11. The molecule has 8 heteroatoms. The fourth-order valence-electron chi connectivity index (χ4n) is 3.02. The zero-order chi connectivity index (χ0) is 23.6. The van der Waals surface area contributed by atoms with Crippen molar-refractivity contribution in [3.8, 4) is 17.2 Å². The molecule has 3 rings (SSSR count).